The van der Waals surface area contributed by atoms with Crippen molar-refractivity contribution in [2.45, 2.75) is 56.7 Å². The van der Waals surface area contributed by atoms with E-state index < -0.39 is 90.1 Å². The molecule has 18 nitrogen and oxygen atoms in total. The van der Waals surface area contributed by atoms with E-state index in [0.717, 1.165) is 4.90 Å². The first kappa shape index (κ1) is 38.3. The topological polar surface area (TPSA) is 294 Å². The minimum atomic E-state index is -1.35. The van der Waals surface area contributed by atoms with Crippen LogP contribution in [0.1, 0.15) is 69.6 Å². The maximum Gasteiger partial charge on any atom is 0.322 e. The summed E-state index contributed by atoms with van der Waals surface area (Å²) in [6, 6.07) is 6.74. The molecule has 2 aromatic rings. The fourth-order valence-corrected chi connectivity index (χ4v) is 5.93. The average Bonchev–Trinajstić information content (AvgIpc) is 3.61. The van der Waals surface area contributed by atoms with Gasteiger partial charge < -0.3 is 42.7 Å². The van der Waals surface area contributed by atoms with Crippen molar-refractivity contribution in [1.82, 2.24) is 26.2 Å². The van der Waals surface area contributed by atoms with Gasteiger partial charge in [0.25, 0.3) is 5.91 Å². The molecule has 2 aliphatic rings. The van der Waals surface area contributed by atoms with E-state index in [1.807, 2.05) is 0 Å². The number of nitrogens with one attached hydrogen (secondary N) is 4. The maximum absolute atomic E-state index is 13.7. The Balaban J connectivity index is 1.42. The zero-order chi connectivity index (χ0) is 38.1. The lowest BCUT2D eigenvalue weighted by atomic mass is 9.83. The summed E-state index contributed by atoms with van der Waals surface area (Å²) in [5.74, 6) is -8.18. The van der Waals surface area contributed by atoms with Crippen LogP contribution in [-0.4, -0.2) is 107 Å². The van der Waals surface area contributed by atoms with Crippen LogP contribution in [0.2, 0.25) is 0 Å². The fraction of sp³-hybridized carbons (Fsp3) is 0.353. The number of primary amides is 2. The van der Waals surface area contributed by atoms with E-state index in [0.29, 0.717) is 17.5 Å². The van der Waals surface area contributed by atoms with Gasteiger partial charge in [0.2, 0.25) is 47.0 Å². The molecule has 0 radical (unpaired) electrons. The van der Waals surface area contributed by atoms with E-state index in [9.17, 15) is 47.9 Å². The number of likely N-dealkylation sites (tertiary alicyclic amines) is 1. The Morgan fingerprint density at radius 1 is 0.769 bits per heavy atom. The van der Waals surface area contributed by atoms with Crippen molar-refractivity contribution in [3.63, 3.8) is 0 Å². The van der Waals surface area contributed by atoms with Crippen LogP contribution in [0, 0.1) is 0 Å². The van der Waals surface area contributed by atoms with Gasteiger partial charge in [-0.2, -0.15) is 0 Å². The minimum absolute atomic E-state index is 0.0727. The summed E-state index contributed by atoms with van der Waals surface area (Å²) in [6.45, 7) is -1.28. The number of Topliss-reactive ketones (excluding diaryl/α,β-unsaturated/α-hetero) is 2. The number of nitrogens with two attached hydrogens (primary N) is 2. The highest BCUT2D eigenvalue weighted by molar-refractivity contribution is 6.53. The quantitative estimate of drug-likeness (QED) is 0.0946. The number of carboxylic acid groups (broad SMARTS) is 1. The number of ketones is 2. The third-order valence-electron chi connectivity index (χ3n) is 8.48. The first-order valence-electron chi connectivity index (χ1n) is 16.2. The van der Waals surface area contributed by atoms with Crippen molar-refractivity contribution < 1.29 is 53.1 Å². The Hall–Kier alpha value is -6.46. The molecule has 1 aliphatic carbocycles. The summed E-state index contributed by atoms with van der Waals surface area (Å²) in [4.78, 5) is 126. The molecule has 9 N–H and O–H groups in total. The number of rotatable bonds is 16. The van der Waals surface area contributed by atoms with Gasteiger partial charge in [0, 0.05) is 36.1 Å². The molecule has 2 aromatic carbocycles. The van der Waals surface area contributed by atoms with Gasteiger partial charge >= 0.3 is 5.97 Å². The number of hydrogen-bond acceptors (Lipinski definition) is 10. The van der Waals surface area contributed by atoms with Crippen LogP contribution < -0.4 is 32.7 Å². The predicted octanol–water partition coefficient (Wildman–Crippen LogP) is -1.85. The zero-order valence-corrected chi connectivity index (χ0v) is 27.8. The minimum Gasteiger partial charge on any atom is -0.480 e. The lowest BCUT2D eigenvalue weighted by Gasteiger charge is -2.29. The average molecular weight is 720 g/mol. The second-order valence-corrected chi connectivity index (χ2v) is 12.1. The molecule has 0 bridgehead atoms. The third-order valence-corrected chi connectivity index (χ3v) is 8.48. The van der Waals surface area contributed by atoms with Gasteiger partial charge in [-0.15, -0.1) is 0 Å². The number of carboxylic acids is 1. The highest BCUT2D eigenvalue weighted by atomic mass is 16.4. The van der Waals surface area contributed by atoms with Crippen LogP contribution in [0.4, 0.5) is 0 Å². The van der Waals surface area contributed by atoms with Crippen LogP contribution in [0.3, 0.4) is 0 Å². The SMILES string of the molecule is NC(=O)CC[C@H](NC(=O)[C@@H]1CCCN1C(=O)[C@H](CCC(N)=O)NC(=O)CNC(=O)c1ccc2c(c1)-c1ccccc1C(=O)C2=O)C(=O)NCC(=O)O. The Morgan fingerprint density at radius 3 is 2.02 bits per heavy atom. The highest BCUT2D eigenvalue weighted by Crippen LogP contribution is 2.34. The standard InChI is InChI=1S/C34H37N7O11/c35-25(42)11-9-22(32(50)38-16-28(45)46)40-33(51)24-6-3-13-41(24)34(52)23(10-12-26(36)43)39-27(44)15-37-31(49)17-7-8-20-21(14-17)18-4-1-2-5-19(18)29(47)30(20)48/h1-2,4-5,7-8,14,22-24H,3,6,9-13,15-16H2,(H2,35,42)(H2,36,43)(H,37,49)(H,38,50)(H,39,44)(H,40,51)(H,45,46)/t22-,23-,24-/m0/s1. The number of carbonyl (C=O) groups is 10. The molecule has 4 rings (SSSR count). The van der Waals surface area contributed by atoms with Gasteiger partial charge in [0.05, 0.1) is 6.54 Å². The molecule has 1 heterocycles. The smallest absolute Gasteiger partial charge is 0.322 e. The van der Waals surface area contributed by atoms with E-state index in [1.165, 1.54) is 24.3 Å². The summed E-state index contributed by atoms with van der Waals surface area (Å²) >= 11 is 0. The molecule has 52 heavy (non-hydrogen) atoms. The molecule has 1 aliphatic heterocycles. The van der Waals surface area contributed by atoms with Crippen molar-refractivity contribution in [3.05, 3.63) is 59.2 Å². The van der Waals surface area contributed by atoms with Gasteiger partial charge in [-0.25, -0.2) is 0 Å². The lowest BCUT2D eigenvalue weighted by molar-refractivity contribution is -0.142. The largest absolute Gasteiger partial charge is 0.480 e. The second-order valence-electron chi connectivity index (χ2n) is 12.1. The summed E-state index contributed by atoms with van der Waals surface area (Å²) in [6.07, 6.45) is -0.587. The third kappa shape index (κ3) is 9.40. The van der Waals surface area contributed by atoms with E-state index >= 15 is 0 Å². The van der Waals surface area contributed by atoms with Crippen LogP contribution in [-0.2, 0) is 33.6 Å². The molecular formula is C34H37N7O11. The van der Waals surface area contributed by atoms with Crippen LogP contribution in [0.5, 0.6) is 0 Å². The Kier molecular flexibility index (Phi) is 12.5. The molecule has 0 saturated carbocycles. The highest BCUT2D eigenvalue weighted by Gasteiger charge is 2.39. The molecule has 1 fully saturated rings. The van der Waals surface area contributed by atoms with E-state index in [-0.39, 0.29) is 55.3 Å². The molecule has 18 heteroatoms. The van der Waals surface area contributed by atoms with Crippen molar-refractivity contribution in [2.24, 2.45) is 11.5 Å². The first-order chi connectivity index (χ1) is 24.7. The number of nitrogens with zero attached hydrogens (tertiary/aromatic N) is 1. The Morgan fingerprint density at radius 2 is 1.38 bits per heavy atom. The molecule has 7 amide bonds. The lowest BCUT2D eigenvalue weighted by Crippen LogP contribution is -2.57. The van der Waals surface area contributed by atoms with Gasteiger partial charge in [0.1, 0.15) is 24.7 Å². The molecule has 0 unspecified atom stereocenters. The molecular weight excluding hydrogens is 682 g/mol. The maximum atomic E-state index is 13.7. The van der Waals surface area contributed by atoms with Crippen molar-refractivity contribution >= 4 is 58.9 Å². The van der Waals surface area contributed by atoms with E-state index in [4.69, 9.17) is 16.6 Å². The molecule has 0 aromatic heterocycles. The number of fused-ring (bicyclic) bond motifs is 3. The van der Waals surface area contributed by atoms with Crippen LogP contribution in [0.15, 0.2) is 42.5 Å². The number of hydrogen-bond donors (Lipinski definition) is 7. The molecule has 274 valence electrons. The normalized spacial score (nSPS) is 15.7. The molecule has 1 saturated heterocycles. The van der Waals surface area contributed by atoms with Crippen molar-refractivity contribution in [2.75, 3.05) is 19.6 Å². The van der Waals surface area contributed by atoms with E-state index in [2.05, 4.69) is 21.3 Å². The second kappa shape index (κ2) is 17.0. The number of amides is 7. The van der Waals surface area contributed by atoms with Gasteiger partial charge in [-0.1, -0.05) is 24.3 Å². The van der Waals surface area contributed by atoms with Crippen molar-refractivity contribution in [3.8, 4) is 11.1 Å². The Bertz CT molecular complexity index is 1840. The van der Waals surface area contributed by atoms with Crippen LogP contribution >= 0.6 is 0 Å². The summed E-state index contributed by atoms with van der Waals surface area (Å²) in [7, 11) is 0. The fourth-order valence-electron chi connectivity index (χ4n) is 5.93. The number of aliphatic carboxylic acids is 1. The summed E-state index contributed by atoms with van der Waals surface area (Å²) in [5, 5.41) is 18.3. The Labute approximate surface area is 296 Å². The van der Waals surface area contributed by atoms with Gasteiger partial charge in [0.15, 0.2) is 0 Å². The number of carbonyl (C=O) groups excluding carboxylic acids is 9. The molecule has 3 atom stereocenters. The monoisotopic (exact) mass is 719 g/mol. The van der Waals surface area contributed by atoms with Crippen LogP contribution in [0.25, 0.3) is 11.1 Å². The summed E-state index contributed by atoms with van der Waals surface area (Å²) in [5.41, 5.74) is 11.7. The number of benzene rings is 2. The van der Waals surface area contributed by atoms with Gasteiger partial charge in [-0.05, 0) is 55.0 Å². The zero-order valence-electron chi connectivity index (χ0n) is 27.8. The predicted molar refractivity (Wildman–Crippen MR) is 179 cm³/mol. The first-order valence-corrected chi connectivity index (χ1v) is 16.2. The molecule has 0 spiro atoms. The van der Waals surface area contributed by atoms with E-state index in [1.54, 1.807) is 18.2 Å². The summed E-state index contributed by atoms with van der Waals surface area (Å²) < 4.78 is 0. The van der Waals surface area contributed by atoms with Crippen molar-refractivity contribution in [1.29, 1.82) is 0 Å². The van der Waals surface area contributed by atoms with Gasteiger partial charge in [-0.3, -0.25) is 47.9 Å².